The lowest BCUT2D eigenvalue weighted by atomic mass is 10.0. The Balaban J connectivity index is 1.77. The number of hydrogen-bond acceptors (Lipinski definition) is 4. The molecule has 0 unspecified atom stereocenters. The zero-order chi connectivity index (χ0) is 20.4. The van der Waals surface area contributed by atoms with Gasteiger partial charge in [-0.1, -0.05) is 48.7 Å². The molecular weight excluding hydrogens is 379 g/mol. The van der Waals surface area contributed by atoms with Crippen molar-refractivity contribution in [2.24, 2.45) is 4.99 Å². The molecule has 0 saturated heterocycles. The first-order valence-corrected chi connectivity index (χ1v) is 10.0. The summed E-state index contributed by atoms with van der Waals surface area (Å²) in [5.74, 6) is -0.245. The minimum absolute atomic E-state index is 0.0257. The Labute approximate surface area is 170 Å². The van der Waals surface area contributed by atoms with E-state index in [0.717, 1.165) is 55.4 Å². The largest absolute Gasteiger partial charge is 0.364 e. The van der Waals surface area contributed by atoms with Crippen LogP contribution >= 0.6 is 11.6 Å². The maximum absolute atomic E-state index is 13.1. The Hall–Kier alpha value is -2.27. The van der Waals surface area contributed by atoms with E-state index in [2.05, 4.69) is 21.6 Å². The van der Waals surface area contributed by atoms with Crippen LogP contribution < -0.4 is 0 Å². The van der Waals surface area contributed by atoms with E-state index in [9.17, 15) is 9.18 Å². The predicted molar refractivity (Wildman–Crippen MR) is 111 cm³/mol. The molecule has 4 nitrogen and oxygen atoms in total. The third-order valence-corrected chi connectivity index (χ3v) is 4.96. The molecule has 2 aromatic rings. The average molecular weight is 405 g/mol. The highest BCUT2D eigenvalue weighted by atomic mass is 35.5. The molecule has 0 aliphatic rings. The number of Topliss-reactive ketones (excluding diaryl/α,β-unsaturated/α-hetero) is 1. The van der Waals surface area contributed by atoms with Gasteiger partial charge in [-0.2, -0.15) is 0 Å². The fraction of sp³-hybridized carbons (Fsp3) is 0.409. The number of carbonyl (C=O) groups excluding carboxylic acids is 1. The minimum atomic E-state index is -0.270. The van der Waals surface area contributed by atoms with Crippen LogP contribution in [0.2, 0.25) is 0 Å². The van der Waals surface area contributed by atoms with Gasteiger partial charge in [-0.25, -0.2) is 9.38 Å². The van der Waals surface area contributed by atoms with E-state index >= 15 is 0 Å². The monoisotopic (exact) mass is 404 g/mol. The zero-order valence-electron chi connectivity index (χ0n) is 16.4. The topological polar surface area (TPSA) is 55.5 Å². The molecule has 0 bridgehead atoms. The number of nitrogens with zero attached hydrogens (tertiary/aromatic N) is 2. The first kappa shape index (κ1) is 22.0. The van der Waals surface area contributed by atoms with Gasteiger partial charge in [0.1, 0.15) is 22.9 Å². The number of benzene rings is 1. The molecule has 0 aliphatic heterocycles. The highest BCUT2D eigenvalue weighted by Gasteiger charge is 2.08. The van der Waals surface area contributed by atoms with E-state index in [0.29, 0.717) is 17.3 Å². The number of unbranched alkanes of at least 4 members (excludes halogenated alkanes) is 3. The van der Waals surface area contributed by atoms with Crippen LogP contribution in [0.3, 0.4) is 0 Å². The van der Waals surface area contributed by atoms with Crippen molar-refractivity contribution >= 4 is 28.7 Å². The summed E-state index contributed by atoms with van der Waals surface area (Å²) in [5.41, 5.74) is 3.14. The summed E-state index contributed by atoms with van der Waals surface area (Å²) in [6.45, 7) is 3.95. The normalized spacial score (nSPS) is 12.8. The van der Waals surface area contributed by atoms with Crippen molar-refractivity contribution in [2.75, 3.05) is 0 Å². The van der Waals surface area contributed by atoms with Crippen LogP contribution in [0.25, 0.3) is 5.57 Å². The Morgan fingerprint density at radius 1 is 1.11 bits per heavy atom. The molecule has 0 amide bonds. The number of carbonyl (C=O) groups is 1. The van der Waals surface area contributed by atoms with Crippen molar-refractivity contribution in [1.29, 1.82) is 0 Å². The maximum Gasteiger partial charge on any atom is 0.184 e. The lowest BCUT2D eigenvalue weighted by Gasteiger charge is -2.07. The molecule has 0 fully saturated rings. The summed E-state index contributed by atoms with van der Waals surface area (Å²) in [6, 6.07) is 7.84. The van der Waals surface area contributed by atoms with E-state index in [1.54, 1.807) is 18.2 Å². The van der Waals surface area contributed by atoms with Crippen LogP contribution in [0, 0.1) is 5.82 Å². The van der Waals surface area contributed by atoms with E-state index in [-0.39, 0.29) is 11.6 Å². The summed E-state index contributed by atoms with van der Waals surface area (Å²) in [4.78, 5) is 16.4. The highest BCUT2D eigenvalue weighted by molar-refractivity contribution is 6.33. The Morgan fingerprint density at radius 3 is 2.39 bits per heavy atom. The van der Waals surface area contributed by atoms with E-state index in [1.165, 1.54) is 18.4 Å². The third kappa shape index (κ3) is 7.04. The number of aromatic nitrogens is 1. The van der Waals surface area contributed by atoms with E-state index in [4.69, 9.17) is 11.6 Å². The van der Waals surface area contributed by atoms with Gasteiger partial charge in [0.15, 0.2) is 5.78 Å². The predicted octanol–water partition coefficient (Wildman–Crippen LogP) is 6.82. The molecule has 150 valence electrons. The molecule has 0 aliphatic carbocycles. The van der Waals surface area contributed by atoms with E-state index in [1.807, 2.05) is 6.92 Å². The maximum atomic E-state index is 13.1. The van der Waals surface area contributed by atoms with Gasteiger partial charge < -0.3 is 4.52 Å². The summed E-state index contributed by atoms with van der Waals surface area (Å²) in [7, 11) is 0. The SMILES string of the molecule is CC/C(CCCCCCC(=O)c1ccon1)=N\C(Cl)=C(/C)c1ccc(F)cc1. The molecule has 0 atom stereocenters. The van der Waals surface area contributed by atoms with Gasteiger partial charge in [-0.15, -0.1) is 0 Å². The molecule has 0 N–H and O–H groups in total. The van der Waals surface area contributed by atoms with Crippen molar-refractivity contribution in [2.45, 2.75) is 58.8 Å². The summed E-state index contributed by atoms with van der Waals surface area (Å²) in [5, 5.41) is 4.10. The van der Waals surface area contributed by atoms with Crippen LogP contribution in [0.4, 0.5) is 4.39 Å². The number of ketones is 1. The standard InChI is InChI=1S/C22H26ClFN2O2/c1-3-19(25-22(23)16(2)17-10-12-18(24)13-11-17)8-6-4-5-7-9-21(27)20-14-15-28-26-20/h10-15H,3-9H2,1-2H3/b22-16+,25-19+. The van der Waals surface area contributed by atoms with Crippen molar-refractivity contribution in [3.8, 4) is 0 Å². The summed E-state index contributed by atoms with van der Waals surface area (Å²) >= 11 is 6.37. The van der Waals surface area contributed by atoms with Crippen molar-refractivity contribution in [1.82, 2.24) is 5.16 Å². The third-order valence-electron chi connectivity index (χ3n) is 4.59. The van der Waals surface area contributed by atoms with Gasteiger partial charge >= 0.3 is 0 Å². The Bertz CT molecular complexity index is 812. The quantitative estimate of drug-likeness (QED) is 0.179. The molecule has 2 rings (SSSR count). The van der Waals surface area contributed by atoms with Crippen molar-refractivity contribution in [3.05, 3.63) is 58.8 Å². The molecular formula is C22H26ClFN2O2. The molecule has 28 heavy (non-hydrogen) atoms. The molecule has 6 heteroatoms. The van der Waals surface area contributed by atoms with Crippen LogP contribution in [0.5, 0.6) is 0 Å². The summed E-state index contributed by atoms with van der Waals surface area (Å²) < 4.78 is 17.7. The van der Waals surface area contributed by atoms with Gasteiger partial charge in [0.25, 0.3) is 0 Å². The smallest absolute Gasteiger partial charge is 0.184 e. The fourth-order valence-corrected chi connectivity index (χ4v) is 3.03. The Morgan fingerprint density at radius 2 is 1.79 bits per heavy atom. The first-order valence-electron chi connectivity index (χ1n) is 9.63. The van der Waals surface area contributed by atoms with Crippen molar-refractivity contribution in [3.63, 3.8) is 0 Å². The minimum Gasteiger partial charge on any atom is -0.364 e. The summed E-state index contributed by atoms with van der Waals surface area (Å²) in [6.07, 6.45) is 7.47. The molecule has 1 heterocycles. The zero-order valence-corrected chi connectivity index (χ0v) is 17.1. The molecule has 1 aromatic heterocycles. The van der Waals surface area contributed by atoms with Gasteiger partial charge in [-0.05, 0) is 55.9 Å². The van der Waals surface area contributed by atoms with Crippen molar-refractivity contribution < 1.29 is 13.7 Å². The lowest BCUT2D eigenvalue weighted by Crippen LogP contribution is -2.00. The van der Waals surface area contributed by atoms with Gasteiger partial charge in [-0.3, -0.25) is 4.79 Å². The highest BCUT2D eigenvalue weighted by Crippen LogP contribution is 2.23. The Kier molecular flexibility index (Phi) is 9.08. The molecule has 0 saturated carbocycles. The molecule has 1 aromatic carbocycles. The van der Waals surface area contributed by atoms with Crippen LogP contribution in [-0.4, -0.2) is 16.7 Å². The van der Waals surface area contributed by atoms with Crippen LogP contribution in [-0.2, 0) is 0 Å². The number of allylic oxidation sites excluding steroid dienone is 1. The molecule has 0 radical (unpaired) electrons. The van der Waals surface area contributed by atoms with Gasteiger partial charge in [0, 0.05) is 18.2 Å². The lowest BCUT2D eigenvalue weighted by molar-refractivity contribution is 0.0970. The average Bonchev–Trinajstić information content (AvgIpc) is 3.24. The number of aliphatic imine (C=N–C) groups is 1. The van der Waals surface area contributed by atoms with Crippen LogP contribution in [0.1, 0.15) is 74.8 Å². The second-order valence-corrected chi connectivity index (χ2v) is 7.03. The second-order valence-electron chi connectivity index (χ2n) is 6.68. The number of rotatable bonds is 11. The fourth-order valence-electron chi connectivity index (χ4n) is 2.81. The number of halogens is 2. The second kappa shape index (κ2) is 11.5. The first-order chi connectivity index (χ1) is 13.5. The van der Waals surface area contributed by atoms with E-state index < -0.39 is 0 Å². The van der Waals surface area contributed by atoms with Gasteiger partial charge in [0.2, 0.25) is 0 Å². The molecule has 0 spiro atoms. The van der Waals surface area contributed by atoms with Crippen LogP contribution in [0.15, 0.2) is 51.3 Å². The van der Waals surface area contributed by atoms with Gasteiger partial charge in [0.05, 0.1) is 0 Å². The number of hydrogen-bond donors (Lipinski definition) is 0.